The number of alkyl halides is 2. The van der Waals surface area contributed by atoms with E-state index in [0.29, 0.717) is 26.2 Å². The van der Waals surface area contributed by atoms with Crippen LogP contribution in [0.1, 0.15) is 17.2 Å². The first-order valence-electron chi connectivity index (χ1n) is 6.62. The van der Waals surface area contributed by atoms with E-state index in [0.717, 1.165) is 12.1 Å². The molecule has 0 spiro atoms. The molecule has 1 atom stereocenters. The van der Waals surface area contributed by atoms with Gasteiger partial charge in [-0.05, 0) is 17.7 Å². The van der Waals surface area contributed by atoms with Crippen LogP contribution < -0.4 is 5.32 Å². The molecule has 0 amide bonds. The fourth-order valence-electron chi connectivity index (χ4n) is 2.55. The van der Waals surface area contributed by atoms with E-state index in [4.69, 9.17) is 10.4 Å². The van der Waals surface area contributed by atoms with Gasteiger partial charge in [-0.2, -0.15) is 5.26 Å². The first-order valence-corrected chi connectivity index (χ1v) is 6.62. The van der Waals surface area contributed by atoms with Crippen LogP contribution in [0.3, 0.4) is 0 Å². The topological polar surface area (TPSA) is 59.3 Å². The standard InChI is InChI=1S/C14H16F3N3O.ClH/c15-12-2-1-10(7-11(12)8-18)13(14(16,17)9-21)20-5-3-19-4-6-20;/h1-2,7,13,19,21H,3-6,9H2;1H/t13-;/m0./s1. The summed E-state index contributed by atoms with van der Waals surface area (Å²) in [7, 11) is 0. The molecule has 0 aliphatic carbocycles. The van der Waals surface area contributed by atoms with Crippen molar-refractivity contribution in [1.82, 2.24) is 10.2 Å². The van der Waals surface area contributed by atoms with E-state index in [1.807, 2.05) is 0 Å². The van der Waals surface area contributed by atoms with Crippen LogP contribution in [0.5, 0.6) is 0 Å². The lowest BCUT2D eigenvalue weighted by molar-refractivity contribution is -0.118. The van der Waals surface area contributed by atoms with E-state index in [2.05, 4.69) is 5.32 Å². The van der Waals surface area contributed by atoms with Crippen LogP contribution in [0.15, 0.2) is 18.2 Å². The summed E-state index contributed by atoms with van der Waals surface area (Å²) in [6, 6.07) is 3.66. The summed E-state index contributed by atoms with van der Waals surface area (Å²) < 4.78 is 41.6. The van der Waals surface area contributed by atoms with Crippen LogP contribution in [0.4, 0.5) is 13.2 Å². The van der Waals surface area contributed by atoms with Gasteiger partial charge < -0.3 is 10.4 Å². The molecule has 2 rings (SSSR count). The summed E-state index contributed by atoms with van der Waals surface area (Å²) in [5.74, 6) is -4.12. The van der Waals surface area contributed by atoms with E-state index >= 15 is 0 Å². The summed E-state index contributed by atoms with van der Waals surface area (Å²) in [5.41, 5.74) is -0.143. The Hall–Kier alpha value is -1.33. The van der Waals surface area contributed by atoms with Crippen molar-refractivity contribution >= 4 is 12.4 Å². The molecule has 0 unspecified atom stereocenters. The minimum Gasteiger partial charge on any atom is -0.390 e. The molecule has 1 aromatic rings. The van der Waals surface area contributed by atoms with Crippen molar-refractivity contribution in [1.29, 1.82) is 5.26 Å². The van der Waals surface area contributed by atoms with Crippen LogP contribution in [0, 0.1) is 17.1 Å². The Balaban J connectivity index is 0.00000242. The van der Waals surface area contributed by atoms with Gasteiger partial charge in [-0.1, -0.05) is 6.07 Å². The third-order valence-corrected chi connectivity index (χ3v) is 3.55. The minimum absolute atomic E-state index is 0. The highest BCUT2D eigenvalue weighted by atomic mass is 35.5. The molecule has 0 aromatic heterocycles. The molecule has 1 aliphatic heterocycles. The number of benzene rings is 1. The third-order valence-electron chi connectivity index (χ3n) is 3.55. The zero-order valence-electron chi connectivity index (χ0n) is 11.7. The van der Waals surface area contributed by atoms with Crippen LogP contribution in [0.2, 0.25) is 0 Å². The predicted molar refractivity (Wildman–Crippen MR) is 77.6 cm³/mol. The smallest absolute Gasteiger partial charge is 0.289 e. The minimum atomic E-state index is -3.37. The molecular formula is C14H17ClF3N3O. The highest BCUT2D eigenvalue weighted by Crippen LogP contribution is 2.37. The number of nitriles is 1. The molecule has 1 fully saturated rings. The maximum Gasteiger partial charge on any atom is 0.289 e. The van der Waals surface area contributed by atoms with Crippen molar-refractivity contribution in [3.63, 3.8) is 0 Å². The van der Waals surface area contributed by atoms with Crippen molar-refractivity contribution < 1.29 is 18.3 Å². The predicted octanol–water partition coefficient (Wildman–Crippen LogP) is 1.69. The number of nitrogens with zero attached hydrogens (tertiary/aromatic N) is 2. The summed E-state index contributed by atoms with van der Waals surface area (Å²) in [6.07, 6.45) is 0. The molecule has 1 saturated heterocycles. The number of hydrogen-bond donors (Lipinski definition) is 2. The van der Waals surface area contributed by atoms with E-state index in [9.17, 15) is 13.2 Å². The van der Waals surface area contributed by atoms with Gasteiger partial charge in [0.2, 0.25) is 0 Å². The van der Waals surface area contributed by atoms with Gasteiger partial charge in [0.05, 0.1) is 5.56 Å². The Morgan fingerprint density at radius 2 is 2.00 bits per heavy atom. The van der Waals surface area contributed by atoms with Crippen LogP contribution >= 0.6 is 12.4 Å². The molecule has 0 saturated carbocycles. The van der Waals surface area contributed by atoms with Gasteiger partial charge in [0.15, 0.2) is 0 Å². The number of aliphatic hydroxyl groups is 1. The second-order valence-electron chi connectivity index (χ2n) is 4.96. The molecule has 0 bridgehead atoms. The van der Waals surface area contributed by atoms with Crippen LogP contribution in [0.25, 0.3) is 0 Å². The van der Waals surface area contributed by atoms with Crippen molar-refractivity contribution in [3.05, 3.63) is 35.1 Å². The lowest BCUT2D eigenvalue weighted by Gasteiger charge is -2.38. The molecule has 8 heteroatoms. The average Bonchev–Trinajstić information content (AvgIpc) is 2.50. The maximum atomic E-state index is 14.1. The molecule has 1 heterocycles. The molecule has 1 aromatic carbocycles. The Morgan fingerprint density at radius 3 is 2.55 bits per heavy atom. The van der Waals surface area contributed by atoms with Gasteiger partial charge in [0, 0.05) is 26.2 Å². The van der Waals surface area contributed by atoms with E-state index < -0.39 is 24.4 Å². The summed E-state index contributed by atoms with van der Waals surface area (Å²) in [4.78, 5) is 1.54. The van der Waals surface area contributed by atoms with Gasteiger partial charge in [-0.25, -0.2) is 13.2 Å². The number of rotatable bonds is 4. The summed E-state index contributed by atoms with van der Waals surface area (Å²) in [5, 5.41) is 20.9. The molecule has 1 aliphatic rings. The molecular weight excluding hydrogens is 319 g/mol. The largest absolute Gasteiger partial charge is 0.390 e. The first kappa shape index (κ1) is 18.7. The zero-order chi connectivity index (χ0) is 15.5. The second kappa shape index (κ2) is 7.79. The Bertz CT molecular complexity index is 545. The highest BCUT2D eigenvalue weighted by Gasteiger charge is 2.44. The summed E-state index contributed by atoms with van der Waals surface area (Å²) >= 11 is 0. The van der Waals surface area contributed by atoms with Gasteiger partial charge in [-0.15, -0.1) is 12.4 Å². The maximum absolute atomic E-state index is 14.1. The fraction of sp³-hybridized carbons (Fsp3) is 0.500. The molecule has 122 valence electrons. The van der Waals surface area contributed by atoms with E-state index in [-0.39, 0.29) is 23.5 Å². The van der Waals surface area contributed by atoms with Crippen LogP contribution in [-0.4, -0.2) is 48.7 Å². The third kappa shape index (κ3) is 3.90. The Morgan fingerprint density at radius 1 is 1.36 bits per heavy atom. The SMILES string of the molecule is Cl.N#Cc1cc([C@H](N2CCNCC2)C(F)(F)CO)ccc1F. The van der Waals surface area contributed by atoms with Gasteiger partial charge >= 0.3 is 0 Å². The van der Waals surface area contributed by atoms with Gasteiger partial charge in [0.25, 0.3) is 5.92 Å². The molecule has 2 N–H and O–H groups in total. The van der Waals surface area contributed by atoms with E-state index in [1.54, 1.807) is 11.0 Å². The first-order chi connectivity index (χ1) is 9.99. The summed E-state index contributed by atoms with van der Waals surface area (Å²) in [6.45, 7) is 0.592. The van der Waals surface area contributed by atoms with Crippen molar-refractivity contribution in [3.8, 4) is 6.07 Å². The fourth-order valence-corrected chi connectivity index (χ4v) is 2.55. The van der Waals surface area contributed by atoms with Gasteiger partial charge in [0.1, 0.15) is 24.5 Å². The normalized spacial score (nSPS) is 17.4. The van der Waals surface area contributed by atoms with Crippen molar-refractivity contribution in [2.24, 2.45) is 0 Å². The second-order valence-corrected chi connectivity index (χ2v) is 4.96. The van der Waals surface area contributed by atoms with Crippen LogP contribution in [-0.2, 0) is 0 Å². The quantitative estimate of drug-likeness (QED) is 0.879. The van der Waals surface area contributed by atoms with E-state index in [1.165, 1.54) is 6.07 Å². The number of hydrogen-bond acceptors (Lipinski definition) is 4. The van der Waals surface area contributed by atoms with Gasteiger partial charge in [-0.3, -0.25) is 4.90 Å². The number of piperazine rings is 1. The highest BCUT2D eigenvalue weighted by molar-refractivity contribution is 5.85. The monoisotopic (exact) mass is 335 g/mol. The zero-order valence-corrected chi connectivity index (χ0v) is 12.5. The molecule has 0 radical (unpaired) electrons. The molecule has 4 nitrogen and oxygen atoms in total. The molecule has 22 heavy (non-hydrogen) atoms. The number of halogens is 4. The Labute approximate surface area is 132 Å². The number of nitrogens with one attached hydrogen (secondary N) is 1. The van der Waals surface area contributed by atoms with Crippen molar-refractivity contribution in [2.75, 3.05) is 32.8 Å². The lowest BCUT2D eigenvalue weighted by atomic mass is 9.96. The average molecular weight is 336 g/mol. The number of aliphatic hydroxyl groups excluding tert-OH is 1. The van der Waals surface area contributed by atoms with Crippen molar-refractivity contribution in [2.45, 2.75) is 12.0 Å². The lowest BCUT2D eigenvalue weighted by Crippen LogP contribution is -2.51. The Kier molecular flexibility index (Phi) is 6.63.